The first-order chi connectivity index (χ1) is 17.4. The van der Waals surface area contributed by atoms with Crippen molar-refractivity contribution in [3.8, 4) is 0 Å². The zero-order valence-electron chi connectivity index (χ0n) is 22.4. The second-order valence-electron chi connectivity index (χ2n) is 9.50. The minimum atomic E-state index is -0.212. The maximum absolute atomic E-state index is 12.3. The highest BCUT2D eigenvalue weighted by Gasteiger charge is 2.36. The number of ether oxygens (including phenoxy) is 1. The number of nitrogens with two attached hydrogens (primary N) is 1. The lowest BCUT2D eigenvalue weighted by Crippen LogP contribution is -2.41. The molecule has 0 radical (unpaired) electrons. The summed E-state index contributed by atoms with van der Waals surface area (Å²) >= 11 is 0. The Morgan fingerprint density at radius 3 is 2.69 bits per heavy atom. The van der Waals surface area contributed by atoms with E-state index in [4.69, 9.17) is 15.5 Å². The predicted molar refractivity (Wildman–Crippen MR) is 150 cm³/mol. The molecule has 0 aromatic heterocycles. The fourth-order valence-corrected chi connectivity index (χ4v) is 5.28. The van der Waals surface area contributed by atoms with Crippen LogP contribution in [0.4, 0.5) is 4.79 Å². The number of carbonyl (C=O) groups is 1. The van der Waals surface area contributed by atoms with Crippen LogP contribution in [0.3, 0.4) is 0 Å². The smallest absolute Gasteiger partial charge is 0.409 e. The van der Waals surface area contributed by atoms with E-state index in [1.54, 1.807) is 6.20 Å². The highest BCUT2D eigenvalue weighted by molar-refractivity contribution is 6.10. The molecule has 1 saturated heterocycles. The Balaban J connectivity index is 2.00. The van der Waals surface area contributed by atoms with Gasteiger partial charge in [-0.25, -0.2) is 4.79 Å². The number of nitrogens with zero attached hydrogens (tertiary/aromatic N) is 3. The van der Waals surface area contributed by atoms with E-state index in [1.807, 2.05) is 37.2 Å². The maximum atomic E-state index is 12.3. The van der Waals surface area contributed by atoms with Crippen molar-refractivity contribution in [2.24, 2.45) is 16.6 Å². The number of carbonyl (C=O) groups excluding carboxylic acids is 1. The lowest BCUT2D eigenvalue weighted by Gasteiger charge is -2.36. The van der Waals surface area contributed by atoms with E-state index >= 15 is 0 Å². The molecule has 2 aliphatic rings. The Hall–Kier alpha value is -3.28. The first-order valence-electron chi connectivity index (χ1n) is 13.2. The molecule has 6 heteroatoms. The van der Waals surface area contributed by atoms with Gasteiger partial charge in [-0.1, -0.05) is 36.4 Å². The summed E-state index contributed by atoms with van der Waals surface area (Å²) < 4.78 is 5.24. The monoisotopic (exact) mass is 490 g/mol. The summed E-state index contributed by atoms with van der Waals surface area (Å²) in [5.41, 5.74) is 12.8. The number of aryl methyl sites for hydroxylation is 1. The van der Waals surface area contributed by atoms with Crippen LogP contribution in [0, 0.1) is 12.8 Å². The molecule has 2 N–H and O–H groups in total. The molecule has 1 atom stereocenters. The van der Waals surface area contributed by atoms with Crippen LogP contribution in [0.1, 0.15) is 62.6 Å². The molecule has 1 heterocycles. The molecule has 194 valence electrons. The Morgan fingerprint density at radius 2 is 2.06 bits per heavy atom. The molecule has 1 unspecified atom stereocenters. The number of likely N-dealkylation sites (tertiary alicyclic amines) is 1. The van der Waals surface area contributed by atoms with Gasteiger partial charge in [0.05, 0.1) is 12.3 Å². The zero-order chi connectivity index (χ0) is 26.1. The van der Waals surface area contributed by atoms with Crippen LogP contribution in [0.15, 0.2) is 66.1 Å². The number of amides is 1. The average Bonchev–Trinajstić information content (AvgIpc) is 2.99. The van der Waals surface area contributed by atoms with Gasteiger partial charge in [0.2, 0.25) is 0 Å². The molecule has 6 nitrogen and oxygen atoms in total. The van der Waals surface area contributed by atoms with Crippen molar-refractivity contribution in [1.29, 1.82) is 0 Å². The molecule has 1 amide bonds. The molecule has 0 spiro atoms. The first kappa shape index (κ1) is 27.3. The van der Waals surface area contributed by atoms with E-state index in [0.29, 0.717) is 25.6 Å². The van der Waals surface area contributed by atoms with E-state index in [0.717, 1.165) is 43.6 Å². The largest absolute Gasteiger partial charge is 0.450 e. The van der Waals surface area contributed by atoms with Crippen molar-refractivity contribution >= 4 is 17.4 Å². The minimum Gasteiger partial charge on any atom is -0.450 e. The SMILES string of the molecule is C=C1C=C(CCN(/C=C\N)CC)c2cc(C)ccc2C(C2CCN(C(=O)OCC)CC2)C1=N/C=C\C. The lowest BCUT2D eigenvalue weighted by atomic mass is 9.74. The van der Waals surface area contributed by atoms with E-state index in [2.05, 4.69) is 49.6 Å². The number of piperidine rings is 1. The maximum Gasteiger partial charge on any atom is 0.409 e. The molecule has 36 heavy (non-hydrogen) atoms. The van der Waals surface area contributed by atoms with E-state index in [1.165, 1.54) is 22.3 Å². The molecule has 1 fully saturated rings. The number of allylic oxidation sites excluding steroid dienone is 3. The number of fused-ring (bicyclic) bond motifs is 1. The summed E-state index contributed by atoms with van der Waals surface area (Å²) in [6.07, 6.45) is 12.1. The van der Waals surface area contributed by atoms with Gasteiger partial charge in [0, 0.05) is 50.7 Å². The molecule has 0 saturated carbocycles. The highest BCUT2D eigenvalue weighted by atomic mass is 16.6. The molecule has 1 aromatic rings. The molecule has 3 rings (SSSR count). The Morgan fingerprint density at radius 1 is 1.31 bits per heavy atom. The number of hydrogen-bond acceptors (Lipinski definition) is 5. The van der Waals surface area contributed by atoms with Crippen LogP contribution >= 0.6 is 0 Å². The summed E-state index contributed by atoms with van der Waals surface area (Å²) in [5.74, 6) is 0.478. The van der Waals surface area contributed by atoms with E-state index < -0.39 is 0 Å². The van der Waals surface area contributed by atoms with Gasteiger partial charge in [-0.05, 0) is 81.2 Å². The lowest BCUT2D eigenvalue weighted by molar-refractivity contribution is 0.0909. The Labute approximate surface area is 216 Å². The normalized spacial score (nSPS) is 20.1. The average molecular weight is 491 g/mol. The van der Waals surface area contributed by atoms with E-state index in [-0.39, 0.29) is 12.0 Å². The van der Waals surface area contributed by atoms with Crippen LogP contribution < -0.4 is 5.73 Å². The van der Waals surface area contributed by atoms with Gasteiger partial charge >= 0.3 is 6.09 Å². The highest BCUT2D eigenvalue weighted by Crippen LogP contribution is 2.43. The van der Waals surface area contributed by atoms with Crippen LogP contribution in [0.2, 0.25) is 0 Å². The van der Waals surface area contributed by atoms with Crippen LogP contribution in [-0.4, -0.2) is 54.4 Å². The third-order valence-corrected chi connectivity index (χ3v) is 7.13. The van der Waals surface area contributed by atoms with Crippen LogP contribution in [0.25, 0.3) is 5.57 Å². The number of rotatable bonds is 8. The molecule has 1 aliphatic carbocycles. The van der Waals surface area contributed by atoms with Crippen molar-refractivity contribution in [3.63, 3.8) is 0 Å². The Kier molecular flexibility index (Phi) is 9.97. The molecule has 0 bridgehead atoms. The topological polar surface area (TPSA) is 71.2 Å². The van der Waals surface area contributed by atoms with Crippen molar-refractivity contribution in [2.75, 3.05) is 32.8 Å². The number of aliphatic imine (C=N–C) groups is 1. The van der Waals surface area contributed by atoms with Gasteiger partial charge in [0.25, 0.3) is 0 Å². The fraction of sp³-hybridized carbons (Fsp3) is 0.467. The van der Waals surface area contributed by atoms with E-state index in [9.17, 15) is 4.79 Å². The van der Waals surface area contributed by atoms with Gasteiger partial charge in [-0.2, -0.15) is 0 Å². The fourth-order valence-electron chi connectivity index (χ4n) is 5.28. The quantitative estimate of drug-likeness (QED) is 0.484. The number of hydrogen-bond donors (Lipinski definition) is 1. The third-order valence-electron chi connectivity index (χ3n) is 7.13. The molecular weight excluding hydrogens is 448 g/mol. The standard InChI is InChI=1S/C30H42N4O2/c1-6-15-32-29-23(5)21-25(11-16-33(7-2)19-14-31)27-20-22(4)9-10-26(27)28(29)24-12-17-34(18-13-24)30(35)36-8-3/h6,9-10,14-15,19-21,24,28H,5,7-8,11-13,16-18,31H2,1-4H3/b15-6-,19-14-,32-29?. The van der Waals surface area contributed by atoms with Gasteiger partial charge in [0.15, 0.2) is 0 Å². The zero-order valence-corrected chi connectivity index (χ0v) is 22.4. The van der Waals surface area contributed by atoms with Gasteiger partial charge in [-0.15, -0.1) is 0 Å². The minimum absolute atomic E-state index is 0.119. The Bertz CT molecular complexity index is 1050. The van der Waals surface area contributed by atoms with Crippen molar-refractivity contribution in [2.45, 2.75) is 52.9 Å². The predicted octanol–water partition coefficient (Wildman–Crippen LogP) is 6.02. The van der Waals surface area contributed by atoms with Crippen molar-refractivity contribution < 1.29 is 9.53 Å². The first-order valence-corrected chi connectivity index (χ1v) is 13.2. The van der Waals surface area contributed by atoms with Gasteiger partial charge in [-0.3, -0.25) is 4.99 Å². The summed E-state index contributed by atoms with van der Waals surface area (Å²) in [5, 5.41) is 0. The second kappa shape index (κ2) is 13.1. The van der Waals surface area contributed by atoms with Gasteiger partial charge < -0.3 is 20.3 Å². The summed E-state index contributed by atoms with van der Waals surface area (Å²) in [4.78, 5) is 21.3. The van der Waals surface area contributed by atoms with Crippen molar-refractivity contribution in [1.82, 2.24) is 9.80 Å². The molecular formula is C30H42N4O2. The summed E-state index contributed by atoms with van der Waals surface area (Å²) in [7, 11) is 0. The second-order valence-corrected chi connectivity index (χ2v) is 9.50. The van der Waals surface area contributed by atoms with Crippen molar-refractivity contribution in [3.05, 3.63) is 77.8 Å². The number of benzene rings is 1. The third kappa shape index (κ3) is 6.48. The molecule has 1 aliphatic heterocycles. The van der Waals surface area contributed by atoms with Gasteiger partial charge in [0.1, 0.15) is 0 Å². The van der Waals surface area contributed by atoms with Crippen LogP contribution in [0.5, 0.6) is 0 Å². The molecule has 1 aromatic carbocycles. The summed E-state index contributed by atoms with van der Waals surface area (Å²) in [6, 6.07) is 6.79. The van der Waals surface area contributed by atoms with Crippen LogP contribution in [-0.2, 0) is 4.74 Å². The summed E-state index contributed by atoms with van der Waals surface area (Å²) in [6.45, 7) is 16.2.